The molecule has 2 rings (SSSR count). The van der Waals surface area contributed by atoms with Gasteiger partial charge in [0.1, 0.15) is 0 Å². The maximum atomic E-state index is 12.1. The Morgan fingerprint density at radius 1 is 1.30 bits per heavy atom. The minimum atomic E-state index is 0.0133. The average Bonchev–Trinajstić information content (AvgIpc) is 2.71. The van der Waals surface area contributed by atoms with Crippen molar-refractivity contribution in [1.82, 2.24) is 9.78 Å². The lowest BCUT2D eigenvalue weighted by Crippen LogP contribution is -2.19. The van der Waals surface area contributed by atoms with Crippen LogP contribution in [0.3, 0.4) is 0 Å². The molecule has 0 aliphatic rings. The quantitative estimate of drug-likeness (QED) is 0.926. The highest BCUT2D eigenvalue weighted by molar-refractivity contribution is 5.91. The lowest BCUT2D eigenvalue weighted by atomic mass is 10.2. The van der Waals surface area contributed by atoms with Crippen molar-refractivity contribution in [2.24, 2.45) is 0 Å². The van der Waals surface area contributed by atoms with Gasteiger partial charge >= 0.3 is 0 Å². The molecular weight excluding hydrogens is 250 g/mol. The largest absolute Gasteiger partial charge is 0.326 e. The Labute approximate surface area is 119 Å². The molecule has 4 heteroatoms. The summed E-state index contributed by atoms with van der Waals surface area (Å²) in [6.07, 6.45) is 0.413. The fourth-order valence-corrected chi connectivity index (χ4v) is 2.36. The second kappa shape index (κ2) is 5.90. The van der Waals surface area contributed by atoms with Gasteiger partial charge in [0, 0.05) is 17.8 Å². The van der Waals surface area contributed by atoms with Crippen LogP contribution in [0.25, 0.3) is 0 Å². The minimum Gasteiger partial charge on any atom is -0.326 e. The number of para-hydroxylation sites is 1. The van der Waals surface area contributed by atoms with Gasteiger partial charge in [-0.25, -0.2) is 0 Å². The van der Waals surface area contributed by atoms with Crippen molar-refractivity contribution < 1.29 is 4.79 Å². The topological polar surface area (TPSA) is 46.9 Å². The van der Waals surface area contributed by atoms with Gasteiger partial charge in [0.2, 0.25) is 5.91 Å². The van der Waals surface area contributed by atoms with Gasteiger partial charge in [-0.2, -0.15) is 5.10 Å². The van der Waals surface area contributed by atoms with E-state index in [1.165, 1.54) is 0 Å². The van der Waals surface area contributed by atoms with Crippen LogP contribution in [0.4, 0.5) is 5.69 Å². The third-order valence-corrected chi connectivity index (χ3v) is 3.36. The van der Waals surface area contributed by atoms with Crippen LogP contribution in [0.15, 0.2) is 30.3 Å². The van der Waals surface area contributed by atoms with Crippen molar-refractivity contribution in [2.75, 3.05) is 5.32 Å². The van der Waals surface area contributed by atoms with Crippen molar-refractivity contribution in [2.45, 2.75) is 40.2 Å². The molecule has 0 bridgehead atoms. The molecular formula is C16H21N3O. The van der Waals surface area contributed by atoms with E-state index in [1.807, 2.05) is 62.7 Å². The molecule has 1 heterocycles. The molecule has 1 N–H and O–H groups in total. The first-order valence-electron chi connectivity index (χ1n) is 6.85. The predicted octanol–water partition coefficient (Wildman–Crippen LogP) is 3.40. The highest BCUT2D eigenvalue weighted by Crippen LogP contribution is 2.17. The van der Waals surface area contributed by atoms with Gasteiger partial charge in [-0.05, 0) is 45.4 Å². The Morgan fingerprint density at radius 2 is 2.00 bits per heavy atom. The molecule has 0 aliphatic heterocycles. The van der Waals surface area contributed by atoms with Gasteiger partial charge in [0.05, 0.1) is 11.7 Å². The zero-order valence-corrected chi connectivity index (χ0v) is 12.5. The van der Waals surface area contributed by atoms with Crippen molar-refractivity contribution >= 4 is 11.6 Å². The third kappa shape index (κ3) is 3.26. The first kappa shape index (κ1) is 14.3. The molecule has 20 heavy (non-hydrogen) atoms. The van der Waals surface area contributed by atoms with Gasteiger partial charge < -0.3 is 5.32 Å². The number of nitrogens with zero attached hydrogens (tertiary/aromatic N) is 2. The van der Waals surface area contributed by atoms with Crippen molar-refractivity contribution in [3.05, 3.63) is 47.3 Å². The lowest BCUT2D eigenvalue weighted by molar-refractivity contribution is -0.116. The number of amides is 1. The van der Waals surface area contributed by atoms with Crippen LogP contribution < -0.4 is 5.32 Å². The second-order valence-electron chi connectivity index (χ2n) is 5.29. The molecule has 0 unspecified atom stereocenters. The summed E-state index contributed by atoms with van der Waals surface area (Å²) in [6, 6.07) is 9.86. The molecule has 4 nitrogen and oxygen atoms in total. The molecule has 1 atom stereocenters. The zero-order valence-electron chi connectivity index (χ0n) is 12.5. The molecule has 106 valence electrons. The molecule has 0 aliphatic carbocycles. The van der Waals surface area contributed by atoms with Crippen LogP contribution in [0.1, 0.15) is 36.3 Å². The maximum Gasteiger partial charge on any atom is 0.226 e. The van der Waals surface area contributed by atoms with E-state index in [0.29, 0.717) is 6.42 Å². The Morgan fingerprint density at radius 3 is 2.60 bits per heavy atom. The summed E-state index contributed by atoms with van der Waals surface area (Å²) >= 11 is 0. The van der Waals surface area contributed by atoms with E-state index in [0.717, 1.165) is 22.6 Å². The summed E-state index contributed by atoms with van der Waals surface area (Å²) in [5, 5.41) is 7.38. The predicted molar refractivity (Wildman–Crippen MR) is 80.8 cm³/mol. The second-order valence-corrected chi connectivity index (χ2v) is 5.29. The van der Waals surface area contributed by atoms with Crippen LogP contribution in [-0.2, 0) is 4.79 Å². The molecule has 0 saturated carbocycles. The molecule has 1 aromatic heterocycles. The maximum absolute atomic E-state index is 12.1. The molecule has 2 aromatic rings. The van der Waals surface area contributed by atoms with Gasteiger partial charge in [-0.3, -0.25) is 9.48 Å². The SMILES string of the molecule is Cc1cc(C)n([C@H](C)CC(=O)Nc2ccccc2C)n1. The van der Waals surface area contributed by atoms with Crippen LogP contribution >= 0.6 is 0 Å². The van der Waals surface area contributed by atoms with Crippen molar-refractivity contribution in [3.8, 4) is 0 Å². The number of nitrogens with one attached hydrogen (secondary N) is 1. The number of aryl methyl sites for hydroxylation is 3. The number of carbonyl (C=O) groups is 1. The first-order chi connectivity index (χ1) is 9.47. The van der Waals surface area contributed by atoms with Crippen molar-refractivity contribution in [1.29, 1.82) is 0 Å². The highest BCUT2D eigenvalue weighted by Gasteiger charge is 2.14. The van der Waals surface area contributed by atoms with E-state index in [-0.39, 0.29) is 11.9 Å². The Balaban J connectivity index is 2.01. The smallest absolute Gasteiger partial charge is 0.226 e. The van der Waals surface area contributed by atoms with Crippen LogP contribution in [-0.4, -0.2) is 15.7 Å². The fraction of sp³-hybridized carbons (Fsp3) is 0.375. The summed E-state index contributed by atoms with van der Waals surface area (Å²) in [4.78, 5) is 12.1. The number of aromatic nitrogens is 2. The fourth-order valence-electron chi connectivity index (χ4n) is 2.36. The number of benzene rings is 1. The molecule has 0 spiro atoms. The normalized spacial score (nSPS) is 12.2. The molecule has 1 aromatic carbocycles. The standard InChI is InChI=1S/C16H21N3O/c1-11-7-5-6-8-15(11)17-16(20)10-14(4)19-13(3)9-12(2)18-19/h5-9,14H,10H2,1-4H3,(H,17,20)/t14-/m1/s1. The Hall–Kier alpha value is -2.10. The van der Waals surface area contributed by atoms with Crippen LogP contribution in [0, 0.1) is 20.8 Å². The minimum absolute atomic E-state index is 0.0133. The first-order valence-corrected chi connectivity index (χ1v) is 6.85. The zero-order chi connectivity index (χ0) is 14.7. The van der Waals surface area contributed by atoms with Gasteiger partial charge in [0.25, 0.3) is 0 Å². The summed E-state index contributed by atoms with van der Waals surface area (Å²) < 4.78 is 1.91. The number of anilines is 1. The van der Waals surface area contributed by atoms with Gasteiger partial charge in [-0.15, -0.1) is 0 Å². The lowest BCUT2D eigenvalue weighted by Gasteiger charge is -2.15. The molecule has 1 amide bonds. The van der Waals surface area contributed by atoms with E-state index >= 15 is 0 Å². The highest BCUT2D eigenvalue weighted by atomic mass is 16.1. The van der Waals surface area contributed by atoms with E-state index in [1.54, 1.807) is 0 Å². The van der Waals surface area contributed by atoms with Crippen molar-refractivity contribution in [3.63, 3.8) is 0 Å². The Bertz CT molecular complexity index is 616. The van der Waals surface area contributed by atoms with Crippen LogP contribution in [0.2, 0.25) is 0 Å². The summed E-state index contributed by atoms with van der Waals surface area (Å²) in [5.41, 5.74) is 4.00. The van der Waals surface area contributed by atoms with E-state index in [4.69, 9.17) is 0 Å². The summed E-state index contributed by atoms with van der Waals surface area (Å²) in [7, 11) is 0. The van der Waals surface area contributed by atoms with E-state index in [2.05, 4.69) is 10.4 Å². The van der Waals surface area contributed by atoms with E-state index in [9.17, 15) is 4.79 Å². The Kier molecular flexibility index (Phi) is 4.23. The van der Waals surface area contributed by atoms with Gasteiger partial charge in [-0.1, -0.05) is 18.2 Å². The average molecular weight is 271 g/mol. The molecule has 0 saturated heterocycles. The van der Waals surface area contributed by atoms with Gasteiger partial charge in [0.15, 0.2) is 0 Å². The molecule has 0 fully saturated rings. The number of hydrogen-bond acceptors (Lipinski definition) is 2. The monoisotopic (exact) mass is 271 g/mol. The number of hydrogen-bond donors (Lipinski definition) is 1. The third-order valence-electron chi connectivity index (χ3n) is 3.36. The van der Waals surface area contributed by atoms with Crippen LogP contribution in [0.5, 0.6) is 0 Å². The number of rotatable bonds is 4. The summed E-state index contributed by atoms with van der Waals surface area (Å²) in [5.74, 6) is 0.0133. The molecule has 0 radical (unpaired) electrons. The summed E-state index contributed by atoms with van der Waals surface area (Å²) in [6.45, 7) is 7.97. The number of carbonyl (C=O) groups excluding carboxylic acids is 1. The van der Waals surface area contributed by atoms with E-state index < -0.39 is 0 Å².